The molecule has 0 aliphatic rings. The van der Waals surface area contributed by atoms with E-state index < -0.39 is 6.10 Å². The smallest absolute Gasteiger partial charge is 0.333 e. The number of ether oxygens (including phenoxy) is 2. The van der Waals surface area contributed by atoms with Gasteiger partial charge in [-0.15, -0.1) is 0 Å². The Morgan fingerprint density at radius 2 is 1.93 bits per heavy atom. The Morgan fingerprint density at radius 3 is 2.36 bits per heavy atom. The lowest BCUT2D eigenvalue weighted by Gasteiger charge is -2.08. The van der Waals surface area contributed by atoms with E-state index in [9.17, 15) is 9.59 Å². The zero-order chi connectivity index (χ0) is 11.1. The first-order chi connectivity index (χ1) is 6.47. The molecule has 0 aromatic carbocycles. The molecule has 0 amide bonds. The van der Waals surface area contributed by atoms with Crippen LogP contribution in [0.4, 0.5) is 0 Å². The van der Waals surface area contributed by atoms with Gasteiger partial charge >= 0.3 is 11.9 Å². The minimum Gasteiger partial charge on any atom is -0.463 e. The van der Waals surface area contributed by atoms with Crippen molar-refractivity contribution in [1.82, 2.24) is 0 Å². The zero-order valence-corrected chi connectivity index (χ0v) is 8.99. The Kier molecular flexibility index (Phi) is 5.60. The highest BCUT2D eigenvalue weighted by Crippen LogP contribution is 2.02. The van der Waals surface area contributed by atoms with E-state index in [1.54, 1.807) is 26.8 Å². The molecule has 0 saturated carbocycles. The zero-order valence-electron chi connectivity index (χ0n) is 8.99. The monoisotopic (exact) mass is 200 g/mol. The van der Waals surface area contributed by atoms with Crippen LogP contribution in [0.15, 0.2) is 11.6 Å². The van der Waals surface area contributed by atoms with Gasteiger partial charge in [-0.25, -0.2) is 4.79 Å². The number of carbonyl (C=O) groups is 2. The van der Waals surface area contributed by atoms with Crippen molar-refractivity contribution in [2.45, 2.75) is 33.8 Å². The second-order valence-corrected chi connectivity index (χ2v) is 2.88. The van der Waals surface area contributed by atoms with Crippen LogP contribution >= 0.6 is 0 Å². The molecule has 0 aliphatic heterocycles. The maximum Gasteiger partial charge on any atom is 0.333 e. The van der Waals surface area contributed by atoms with Crippen molar-refractivity contribution >= 4 is 11.9 Å². The Bertz CT molecular complexity index is 243. The first-order valence-corrected chi connectivity index (χ1v) is 4.50. The van der Waals surface area contributed by atoms with E-state index in [-0.39, 0.29) is 11.9 Å². The Morgan fingerprint density at radius 1 is 1.36 bits per heavy atom. The molecule has 0 fully saturated rings. The summed E-state index contributed by atoms with van der Waals surface area (Å²) in [7, 11) is 0. The molecule has 0 aliphatic carbocycles. The van der Waals surface area contributed by atoms with Gasteiger partial charge in [0.15, 0.2) is 0 Å². The molecule has 0 heterocycles. The third-order valence-electron chi connectivity index (χ3n) is 1.43. The van der Waals surface area contributed by atoms with Crippen LogP contribution in [0.1, 0.15) is 27.7 Å². The number of esters is 2. The molecule has 4 nitrogen and oxygen atoms in total. The summed E-state index contributed by atoms with van der Waals surface area (Å²) >= 11 is 0. The van der Waals surface area contributed by atoms with E-state index in [1.165, 1.54) is 6.92 Å². The van der Waals surface area contributed by atoms with E-state index in [4.69, 9.17) is 9.47 Å². The summed E-state index contributed by atoms with van der Waals surface area (Å²) in [6.07, 6.45) is 1.15. The summed E-state index contributed by atoms with van der Waals surface area (Å²) in [6, 6.07) is 0. The van der Waals surface area contributed by atoms with Crippen molar-refractivity contribution in [2.75, 3.05) is 6.61 Å². The van der Waals surface area contributed by atoms with E-state index in [0.717, 1.165) is 0 Å². The maximum absolute atomic E-state index is 11.1. The molecule has 14 heavy (non-hydrogen) atoms. The second kappa shape index (κ2) is 6.18. The topological polar surface area (TPSA) is 52.6 Å². The highest BCUT2D eigenvalue weighted by molar-refractivity contribution is 5.87. The van der Waals surface area contributed by atoms with Gasteiger partial charge in [-0.3, -0.25) is 4.79 Å². The highest BCUT2D eigenvalue weighted by Gasteiger charge is 2.08. The molecule has 1 atom stereocenters. The quantitative estimate of drug-likeness (QED) is 0.509. The second-order valence-electron chi connectivity index (χ2n) is 2.88. The molecule has 0 N–H and O–H groups in total. The van der Waals surface area contributed by atoms with Gasteiger partial charge in [0.25, 0.3) is 0 Å². The lowest BCUT2D eigenvalue weighted by molar-refractivity contribution is -0.144. The average Bonchev–Trinajstić information content (AvgIpc) is 2.02. The molecule has 0 saturated heterocycles. The largest absolute Gasteiger partial charge is 0.463 e. The van der Waals surface area contributed by atoms with Crippen LogP contribution in [0.2, 0.25) is 0 Å². The van der Waals surface area contributed by atoms with Gasteiger partial charge in [0.05, 0.1) is 6.61 Å². The molecule has 0 radical (unpaired) electrons. The summed E-state index contributed by atoms with van der Waals surface area (Å²) in [5, 5.41) is 0. The van der Waals surface area contributed by atoms with Gasteiger partial charge in [0.2, 0.25) is 0 Å². The summed E-state index contributed by atoms with van der Waals surface area (Å²) in [6.45, 7) is 6.71. The summed E-state index contributed by atoms with van der Waals surface area (Å²) in [4.78, 5) is 21.7. The van der Waals surface area contributed by atoms with Crippen LogP contribution in [-0.4, -0.2) is 24.6 Å². The molecule has 0 bridgehead atoms. The minimum absolute atomic E-state index is 0.339. The van der Waals surface area contributed by atoms with Crippen molar-refractivity contribution in [3.05, 3.63) is 11.6 Å². The molecule has 80 valence electrons. The van der Waals surface area contributed by atoms with Gasteiger partial charge in [-0.1, -0.05) is 0 Å². The molecule has 0 aromatic rings. The van der Waals surface area contributed by atoms with Gasteiger partial charge in [-0.05, 0) is 26.8 Å². The first kappa shape index (κ1) is 12.7. The fourth-order valence-electron chi connectivity index (χ4n) is 0.961. The van der Waals surface area contributed by atoms with Crippen LogP contribution in [0.5, 0.6) is 0 Å². The molecule has 0 unspecified atom stereocenters. The van der Waals surface area contributed by atoms with Gasteiger partial charge in [0.1, 0.15) is 6.10 Å². The average molecular weight is 200 g/mol. The highest BCUT2D eigenvalue weighted by atomic mass is 16.5. The van der Waals surface area contributed by atoms with Crippen LogP contribution in [-0.2, 0) is 19.1 Å². The van der Waals surface area contributed by atoms with Crippen molar-refractivity contribution in [2.24, 2.45) is 0 Å². The van der Waals surface area contributed by atoms with Crippen LogP contribution in [0, 0.1) is 0 Å². The Labute approximate surface area is 83.9 Å². The normalized spacial score (nSPS) is 13.3. The predicted molar refractivity (Wildman–Crippen MR) is 51.6 cm³/mol. The summed E-state index contributed by atoms with van der Waals surface area (Å²) in [5.74, 6) is -0.753. The number of rotatable bonds is 4. The summed E-state index contributed by atoms with van der Waals surface area (Å²) in [5.41, 5.74) is 0.445. The van der Waals surface area contributed by atoms with Crippen molar-refractivity contribution in [1.29, 1.82) is 0 Å². The standard InChI is InChI=1S/C10H16O4/c1-5-13-10(12)7(2)6-8(3)14-9(4)11/h6,8H,5H2,1-4H3/b7-6+/t8-/m1/s1. The predicted octanol–water partition coefficient (Wildman–Crippen LogP) is 1.45. The van der Waals surface area contributed by atoms with E-state index >= 15 is 0 Å². The SMILES string of the molecule is CCOC(=O)/C(C)=C/[C@@H](C)OC(C)=O. The maximum atomic E-state index is 11.1. The fourth-order valence-corrected chi connectivity index (χ4v) is 0.961. The molecule has 0 spiro atoms. The number of hydrogen-bond donors (Lipinski definition) is 0. The van der Waals surface area contributed by atoms with E-state index in [2.05, 4.69) is 0 Å². The molecular weight excluding hydrogens is 184 g/mol. The molecule has 4 heteroatoms. The van der Waals surface area contributed by atoms with Crippen molar-refractivity contribution in [3.63, 3.8) is 0 Å². The van der Waals surface area contributed by atoms with Crippen LogP contribution < -0.4 is 0 Å². The van der Waals surface area contributed by atoms with Crippen molar-refractivity contribution in [3.8, 4) is 0 Å². The van der Waals surface area contributed by atoms with Gasteiger partial charge in [0, 0.05) is 12.5 Å². The third-order valence-corrected chi connectivity index (χ3v) is 1.43. The molecular formula is C10H16O4. The van der Waals surface area contributed by atoms with E-state index in [1.807, 2.05) is 0 Å². The summed E-state index contributed by atoms with van der Waals surface area (Å²) < 4.78 is 9.59. The lowest BCUT2D eigenvalue weighted by atomic mass is 10.2. The van der Waals surface area contributed by atoms with Gasteiger partial charge in [-0.2, -0.15) is 0 Å². The van der Waals surface area contributed by atoms with Gasteiger partial charge < -0.3 is 9.47 Å². The third kappa shape index (κ3) is 5.35. The number of hydrogen-bond acceptors (Lipinski definition) is 4. The first-order valence-electron chi connectivity index (χ1n) is 4.50. The van der Waals surface area contributed by atoms with Crippen molar-refractivity contribution < 1.29 is 19.1 Å². The lowest BCUT2D eigenvalue weighted by Crippen LogP contribution is -2.12. The molecule has 0 rings (SSSR count). The Balaban J connectivity index is 4.20. The minimum atomic E-state index is -0.406. The Hall–Kier alpha value is -1.32. The fraction of sp³-hybridized carbons (Fsp3) is 0.600. The van der Waals surface area contributed by atoms with Crippen LogP contribution in [0.25, 0.3) is 0 Å². The van der Waals surface area contributed by atoms with E-state index in [0.29, 0.717) is 12.2 Å². The molecule has 0 aromatic heterocycles. The number of carbonyl (C=O) groups excluding carboxylic acids is 2. The van der Waals surface area contributed by atoms with Crippen LogP contribution in [0.3, 0.4) is 0 Å².